The summed E-state index contributed by atoms with van der Waals surface area (Å²) in [7, 11) is 0. The summed E-state index contributed by atoms with van der Waals surface area (Å²) < 4.78 is 0. The van der Waals surface area contributed by atoms with Crippen LogP contribution in [0.5, 0.6) is 0 Å². The second-order valence-corrected chi connectivity index (χ2v) is 3.55. The first-order valence-electron chi connectivity index (χ1n) is 5.52. The van der Waals surface area contributed by atoms with Crippen molar-refractivity contribution in [1.29, 1.82) is 0 Å². The van der Waals surface area contributed by atoms with Crippen LogP contribution in [-0.4, -0.2) is 4.98 Å². The van der Waals surface area contributed by atoms with Gasteiger partial charge < -0.3 is 0 Å². The summed E-state index contributed by atoms with van der Waals surface area (Å²) in [5.41, 5.74) is 4.80. The number of aromatic nitrogens is 1. The van der Waals surface area contributed by atoms with Crippen LogP contribution < -0.4 is 0 Å². The van der Waals surface area contributed by atoms with Crippen LogP contribution >= 0.6 is 0 Å². The maximum Gasteiger partial charge on any atom is 0.0736 e. The van der Waals surface area contributed by atoms with E-state index >= 15 is 0 Å². The first kappa shape index (κ1) is 11.7. The van der Waals surface area contributed by atoms with Crippen molar-refractivity contribution in [3.05, 3.63) is 41.1 Å². The molecule has 2 aromatic rings. The highest BCUT2D eigenvalue weighted by molar-refractivity contribution is 5.84. The lowest BCUT2D eigenvalue weighted by molar-refractivity contribution is 1.22. The number of rotatable bonds is 0. The van der Waals surface area contributed by atoms with Gasteiger partial charge in [-0.1, -0.05) is 32.0 Å². The molecule has 15 heavy (non-hydrogen) atoms. The van der Waals surface area contributed by atoms with Crippen molar-refractivity contribution in [2.75, 3.05) is 0 Å². The van der Waals surface area contributed by atoms with E-state index in [1.807, 2.05) is 20.8 Å². The maximum atomic E-state index is 4.54. The van der Waals surface area contributed by atoms with Gasteiger partial charge >= 0.3 is 0 Å². The molecular weight excluding hydrogens is 182 g/mol. The van der Waals surface area contributed by atoms with Gasteiger partial charge in [-0.2, -0.15) is 0 Å². The van der Waals surface area contributed by atoms with E-state index in [-0.39, 0.29) is 0 Å². The molecule has 0 N–H and O–H groups in total. The molecule has 0 unspecified atom stereocenters. The summed E-state index contributed by atoms with van der Waals surface area (Å²) >= 11 is 0. The molecule has 0 bridgehead atoms. The lowest BCUT2D eigenvalue weighted by Gasteiger charge is -2.05. The van der Waals surface area contributed by atoms with Crippen molar-refractivity contribution in [1.82, 2.24) is 4.98 Å². The Balaban J connectivity index is 0.000000531. The normalized spacial score (nSPS) is 9.67. The van der Waals surface area contributed by atoms with Gasteiger partial charge in [0.1, 0.15) is 0 Å². The Labute approximate surface area is 92.2 Å². The Morgan fingerprint density at radius 1 is 0.933 bits per heavy atom. The van der Waals surface area contributed by atoms with Gasteiger partial charge in [0.2, 0.25) is 0 Å². The van der Waals surface area contributed by atoms with Gasteiger partial charge in [0.25, 0.3) is 0 Å². The molecule has 0 spiro atoms. The van der Waals surface area contributed by atoms with Crippen LogP contribution in [0.15, 0.2) is 24.3 Å². The average Bonchev–Trinajstić information content (AvgIpc) is 2.23. The number of aryl methyl sites for hydroxylation is 3. The van der Waals surface area contributed by atoms with Crippen LogP contribution in [0.2, 0.25) is 0 Å². The maximum absolute atomic E-state index is 4.54. The molecule has 0 radical (unpaired) electrons. The molecule has 0 aliphatic carbocycles. The molecule has 1 heteroatoms. The highest BCUT2D eigenvalue weighted by Gasteiger charge is 2.01. The minimum absolute atomic E-state index is 1.10. The van der Waals surface area contributed by atoms with Gasteiger partial charge in [-0.15, -0.1) is 0 Å². The van der Waals surface area contributed by atoms with E-state index in [1.165, 1.54) is 16.5 Å². The van der Waals surface area contributed by atoms with Crippen LogP contribution in [0.4, 0.5) is 0 Å². The molecule has 1 aromatic heterocycles. The van der Waals surface area contributed by atoms with E-state index in [0.29, 0.717) is 0 Å². The summed E-state index contributed by atoms with van der Waals surface area (Å²) in [6, 6.07) is 8.45. The summed E-state index contributed by atoms with van der Waals surface area (Å²) in [5, 5.41) is 1.27. The fraction of sp³-hybridized carbons (Fsp3) is 0.357. The second kappa shape index (κ2) is 4.92. The second-order valence-electron chi connectivity index (χ2n) is 3.55. The predicted molar refractivity (Wildman–Crippen MR) is 67.3 cm³/mol. The van der Waals surface area contributed by atoms with Crippen molar-refractivity contribution >= 4 is 10.9 Å². The lowest BCUT2D eigenvalue weighted by Crippen LogP contribution is -1.89. The summed E-state index contributed by atoms with van der Waals surface area (Å²) in [4.78, 5) is 4.54. The zero-order chi connectivity index (χ0) is 11.4. The van der Waals surface area contributed by atoms with Gasteiger partial charge in [-0.05, 0) is 38.0 Å². The quantitative estimate of drug-likeness (QED) is 0.623. The number of para-hydroxylation sites is 1. The van der Waals surface area contributed by atoms with Crippen molar-refractivity contribution in [2.24, 2.45) is 0 Å². The van der Waals surface area contributed by atoms with Crippen molar-refractivity contribution in [3.63, 3.8) is 0 Å². The summed E-state index contributed by atoms with van der Waals surface area (Å²) in [5.74, 6) is 0. The molecule has 0 fully saturated rings. The number of pyridine rings is 1. The first-order chi connectivity index (χ1) is 7.18. The minimum atomic E-state index is 1.10. The predicted octanol–water partition coefficient (Wildman–Crippen LogP) is 4.19. The molecule has 0 amide bonds. The number of benzene rings is 1. The van der Waals surface area contributed by atoms with E-state index in [0.717, 1.165) is 11.2 Å². The summed E-state index contributed by atoms with van der Waals surface area (Å²) in [6.45, 7) is 10.3. The van der Waals surface area contributed by atoms with Crippen molar-refractivity contribution in [2.45, 2.75) is 34.6 Å². The third-order valence-electron chi connectivity index (χ3n) is 2.38. The fourth-order valence-electron chi connectivity index (χ4n) is 1.73. The third-order valence-corrected chi connectivity index (χ3v) is 2.38. The van der Waals surface area contributed by atoms with Gasteiger partial charge in [-0.3, -0.25) is 4.98 Å². The Bertz CT molecular complexity index is 458. The topological polar surface area (TPSA) is 12.9 Å². The SMILES string of the molecule is CC.Cc1cc(C)c2cccc(C)c2n1. The molecule has 1 heterocycles. The Kier molecular flexibility index (Phi) is 3.84. The average molecular weight is 201 g/mol. The first-order valence-corrected chi connectivity index (χ1v) is 5.52. The molecule has 2 rings (SSSR count). The molecule has 80 valence electrons. The summed E-state index contributed by atoms with van der Waals surface area (Å²) in [6.07, 6.45) is 0. The lowest BCUT2D eigenvalue weighted by atomic mass is 10.1. The molecule has 1 nitrogen and oxygen atoms in total. The zero-order valence-corrected chi connectivity index (χ0v) is 10.3. The van der Waals surface area contributed by atoms with Crippen LogP contribution in [0, 0.1) is 20.8 Å². The van der Waals surface area contributed by atoms with E-state index in [2.05, 4.69) is 43.1 Å². The van der Waals surface area contributed by atoms with E-state index < -0.39 is 0 Å². The van der Waals surface area contributed by atoms with E-state index in [9.17, 15) is 0 Å². The number of nitrogens with zero attached hydrogens (tertiary/aromatic N) is 1. The highest BCUT2D eigenvalue weighted by atomic mass is 14.7. The largest absolute Gasteiger partial charge is 0.253 e. The van der Waals surface area contributed by atoms with Gasteiger partial charge in [0.05, 0.1) is 5.52 Å². The monoisotopic (exact) mass is 201 g/mol. The Morgan fingerprint density at radius 3 is 2.27 bits per heavy atom. The molecule has 0 aliphatic rings. The van der Waals surface area contributed by atoms with Gasteiger partial charge in [0, 0.05) is 11.1 Å². The van der Waals surface area contributed by atoms with Crippen molar-refractivity contribution < 1.29 is 0 Å². The molecule has 0 aliphatic heterocycles. The molecule has 0 saturated carbocycles. The third kappa shape index (κ3) is 2.35. The smallest absolute Gasteiger partial charge is 0.0736 e. The zero-order valence-electron chi connectivity index (χ0n) is 10.3. The molecule has 0 atom stereocenters. The van der Waals surface area contributed by atoms with Gasteiger partial charge in [-0.25, -0.2) is 0 Å². The highest BCUT2D eigenvalue weighted by Crippen LogP contribution is 2.20. The van der Waals surface area contributed by atoms with Crippen LogP contribution in [0.3, 0.4) is 0 Å². The van der Waals surface area contributed by atoms with Gasteiger partial charge in [0.15, 0.2) is 0 Å². The number of hydrogen-bond acceptors (Lipinski definition) is 1. The van der Waals surface area contributed by atoms with E-state index in [1.54, 1.807) is 0 Å². The number of fused-ring (bicyclic) bond motifs is 1. The number of hydrogen-bond donors (Lipinski definition) is 0. The molecule has 0 saturated heterocycles. The Hall–Kier alpha value is -1.37. The standard InChI is InChI=1S/C12H13N.C2H6/c1-8-5-4-6-11-9(2)7-10(3)13-12(8)11;1-2/h4-7H,1-3H3;1-2H3. The van der Waals surface area contributed by atoms with E-state index in [4.69, 9.17) is 0 Å². The molecular formula is C14H19N. The van der Waals surface area contributed by atoms with Crippen LogP contribution in [0.25, 0.3) is 10.9 Å². The molecule has 1 aromatic carbocycles. The Morgan fingerprint density at radius 2 is 1.60 bits per heavy atom. The van der Waals surface area contributed by atoms with Crippen LogP contribution in [0.1, 0.15) is 30.7 Å². The van der Waals surface area contributed by atoms with Crippen molar-refractivity contribution in [3.8, 4) is 0 Å². The fourth-order valence-corrected chi connectivity index (χ4v) is 1.73. The minimum Gasteiger partial charge on any atom is -0.253 e. The van der Waals surface area contributed by atoms with Crippen LogP contribution in [-0.2, 0) is 0 Å².